The third-order valence-corrected chi connectivity index (χ3v) is 5.43. The number of fused-ring (bicyclic) bond motifs is 1. The van der Waals surface area contributed by atoms with E-state index in [-0.39, 0.29) is 30.2 Å². The van der Waals surface area contributed by atoms with Crippen LogP contribution in [0.25, 0.3) is 0 Å². The van der Waals surface area contributed by atoms with Crippen molar-refractivity contribution in [3.63, 3.8) is 0 Å². The monoisotopic (exact) mass is 384 g/mol. The first kappa shape index (κ1) is 18.1. The Balaban J connectivity index is 1.64. The van der Waals surface area contributed by atoms with E-state index in [1.54, 1.807) is 11.8 Å². The van der Waals surface area contributed by atoms with E-state index in [0.717, 1.165) is 5.56 Å². The lowest BCUT2D eigenvalue weighted by Crippen LogP contribution is -2.56. The minimum Gasteiger partial charge on any atom is -0.469 e. The highest BCUT2D eigenvalue weighted by Gasteiger charge is 2.51. The molecule has 0 aliphatic carbocycles. The zero-order valence-corrected chi connectivity index (χ0v) is 15.6. The van der Waals surface area contributed by atoms with Crippen molar-refractivity contribution in [1.29, 1.82) is 0 Å². The lowest BCUT2D eigenvalue weighted by molar-refractivity contribution is -0.147. The molecule has 146 valence electrons. The van der Waals surface area contributed by atoms with E-state index in [1.165, 1.54) is 12.0 Å². The normalized spacial score (nSPS) is 24.2. The average Bonchev–Trinajstić information content (AvgIpc) is 3.31. The zero-order valence-electron chi connectivity index (χ0n) is 15.6. The summed E-state index contributed by atoms with van der Waals surface area (Å²) in [5, 5.41) is 7.27. The van der Waals surface area contributed by atoms with Crippen molar-refractivity contribution < 1.29 is 23.7 Å². The van der Waals surface area contributed by atoms with Gasteiger partial charge in [-0.3, -0.25) is 14.4 Å². The summed E-state index contributed by atoms with van der Waals surface area (Å²) in [6.07, 6.45) is 0.428. The average molecular weight is 384 g/mol. The second-order valence-corrected chi connectivity index (χ2v) is 7.06. The zero-order chi connectivity index (χ0) is 19.8. The summed E-state index contributed by atoms with van der Waals surface area (Å²) in [5.74, 6) is -1.44. The van der Waals surface area contributed by atoms with Crippen molar-refractivity contribution in [3.05, 3.63) is 47.3 Å². The summed E-state index contributed by atoms with van der Waals surface area (Å²) in [4.78, 5) is 41.3. The van der Waals surface area contributed by atoms with Gasteiger partial charge in [-0.2, -0.15) is 0 Å². The lowest BCUT2D eigenvalue weighted by Gasteiger charge is -2.39. The molecule has 2 fully saturated rings. The number of esters is 1. The molecule has 2 amide bonds. The molecule has 4 rings (SSSR count). The number of hydrogen-bond donors (Lipinski definition) is 0. The second-order valence-electron chi connectivity index (χ2n) is 7.06. The van der Waals surface area contributed by atoms with Crippen molar-refractivity contribution in [2.24, 2.45) is 5.92 Å². The van der Waals surface area contributed by atoms with Crippen molar-refractivity contribution in [1.82, 2.24) is 20.1 Å². The smallest absolute Gasteiger partial charge is 0.311 e. The number of aryl methyl sites for hydroxylation is 1. The Kier molecular flexibility index (Phi) is 4.58. The number of hydrogen-bond acceptors (Lipinski definition) is 7. The molecule has 3 atom stereocenters. The van der Waals surface area contributed by atoms with Crippen molar-refractivity contribution in [2.75, 3.05) is 20.2 Å². The summed E-state index contributed by atoms with van der Waals surface area (Å²) in [6.45, 7) is 1.85. The van der Waals surface area contributed by atoms with Crippen LogP contribution in [0.5, 0.6) is 0 Å². The highest BCUT2D eigenvalue weighted by atomic mass is 16.6. The van der Waals surface area contributed by atoms with Crippen LogP contribution >= 0.6 is 0 Å². The molecule has 3 heterocycles. The largest absolute Gasteiger partial charge is 0.469 e. The maximum absolute atomic E-state index is 13.0. The van der Waals surface area contributed by atoms with Gasteiger partial charge in [0.05, 0.1) is 25.1 Å². The van der Waals surface area contributed by atoms with E-state index >= 15 is 0 Å². The fourth-order valence-corrected chi connectivity index (χ4v) is 4.19. The topological polar surface area (TPSA) is 106 Å². The molecular weight excluding hydrogens is 364 g/mol. The van der Waals surface area contributed by atoms with Gasteiger partial charge in [-0.05, 0) is 24.1 Å². The van der Waals surface area contributed by atoms with Gasteiger partial charge in [-0.25, -0.2) is 4.63 Å². The number of amides is 2. The lowest BCUT2D eigenvalue weighted by atomic mass is 9.93. The van der Waals surface area contributed by atoms with Gasteiger partial charge in [0.2, 0.25) is 5.91 Å². The number of carbonyl (C=O) groups is 3. The van der Waals surface area contributed by atoms with Gasteiger partial charge in [0.25, 0.3) is 5.91 Å². The molecule has 2 aliphatic rings. The van der Waals surface area contributed by atoms with Gasteiger partial charge in [0.15, 0.2) is 5.69 Å². The van der Waals surface area contributed by atoms with Crippen LogP contribution in [0, 0.1) is 12.8 Å². The predicted molar refractivity (Wildman–Crippen MR) is 94.9 cm³/mol. The standard InChI is InChI=1S/C19H20N4O5/c1-11-16(21-28-20-11)18(25)22-9-13-8-14(19(26)27-2)17(23(13)15(24)10-22)12-6-4-3-5-7-12/h3-7,13-14,17H,8-10H2,1-2H3/t13-,14-,17-/m0/s1. The van der Waals surface area contributed by atoms with E-state index in [2.05, 4.69) is 14.9 Å². The van der Waals surface area contributed by atoms with Crippen molar-refractivity contribution in [2.45, 2.75) is 25.4 Å². The Hall–Kier alpha value is -3.23. The minimum absolute atomic E-state index is 0.0845. The Morgan fingerprint density at radius 2 is 1.96 bits per heavy atom. The molecule has 0 N–H and O–H groups in total. The summed E-state index contributed by atoms with van der Waals surface area (Å²) in [5.41, 5.74) is 1.36. The van der Waals surface area contributed by atoms with Crippen LogP contribution in [0.4, 0.5) is 0 Å². The van der Waals surface area contributed by atoms with Gasteiger partial charge in [0, 0.05) is 6.54 Å². The van der Waals surface area contributed by atoms with Crippen LogP contribution < -0.4 is 0 Å². The van der Waals surface area contributed by atoms with Gasteiger partial charge < -0.3 is 14.5 Å². The molecule has 9 heteroatoms. The van der Waals surface area contributed by atoms with Crippen LogP contribution in [-0.4, -0.2) is 64.1 Å². The van der Waals surface area contributed by atoms with E-state index in [4.69, 9.17) is 4.74 Å². The molecule has 0 saturated carbocycles. The Morgan fingerprint density at radius 1 is 1.21 bits per heavy atom. The van der Waals surface area contributed by atoms with E-state index in [1.807, 2.05) is 30.3 Å². The van der Waals surface area contributed by atoms with E-state index in [9.17, 15) is 14.4 Å². The highest BCUT2D eigenvalue weighted by Crippen LogP contribution is 2.43. The van der Waals surface area contributed by atoms with Crippen LogP contribution in [-0.2, 0) is 14.3 Å². The number of aromatic nitrogens is 2. The quantitative estimate of drug-likeness (QED) is 0.726. The van der Waals surface area contributed by atoms with Crippen LogP contribution in [0.3, 0.4) is 0 Å². The van der Waals surface area contributed by atoms with E-state index in [0.29, 0.717) is 18.7 Å². The predicted octanol–water partition coefficient (Wildman–Crippen LogP) is 0.965. The number of carbonyl (C=O) groups excluding carboxylic acids is 3. The molecule has 1 aromatic carbocycles. The maximum Gasteiger partial charge on any atom is 0.311 e. The van der Waals surface area contributed by atoms with Crippen molar-refractivity contribution >= 4 is 17.8 Å². The molecule has 2 aromatic rings. The van der Waals surface area contributed by atoms with Crippen LogP contribution in [0.2, 0.25) is 0 Å². The Bertz CT molecular complexity index is 912. The van der Waals surface area contributed by atoms with E-state index < -0.39 is 17.9 Å². The molecule has 1 aromatic heterocycles. The van der Waals surface area contributed by atoms with Gasteiger partial charge in [0.1, 0.15) is 12.2 Å². The molecular formula is C19H20N4O5. The molecule has 0 radical (unpaired) electrons. The van der Waals surface area contributed by atoms with Gasteiger partial charge in [-0.1, -0.05) is 35.5 Å². The molecule has 0 bridgehead atoms. The molecule has 9 nitrogen and oxygen atoms in total. The summed E-state index contributed by atoms with van der Waals surface area (Å²) >= 11 is 0. The number of ether oxygens (including phenoxy) is 1. The number of nitrogens with zero attached hydrogens (tertiary/aromatic N) is 4. The first-order valence-electron chi connectivity index (χ1n) is 9.03. The molecule has 28 heavy (non-hydrogen) atoms. The fourth-order valence-electron chi connectivity index (χ4n) is 4.19. The number of rotatable bonds is 3. The summed E-state index contributed by atoms with van der Waals surface area (Å²) in [6, 6.07) is 8.76. The minimum atomic E-state index is -0.480. The van der Waals surface area contributed by atoms with Crippen LogP contribution in [0.15, 0.2) is 35.0 Å². The highest BCUT2D eigenvalue weighted by molar-refractivity contribution is 5.96. The number of methoxy groups -OCH3 is 1. The second kappa shape index (κ2) is 7.06. The summed E-state index contributed by atoms with van der Waals surface area (Å²) in [7, 11) is 1.35. The number of benzene rings is 1. The maximum atomic E-state index is 13.0. The molecule has 2 aliphatic heterocycles. The summed E-state index contributed by atoms with van der Waals surface area (Å²) < 4.78 is 9.59. The fraction of sp³-hybridized carbons (Fsp3) is 0.421. The third kappa shape index (κ3) is 2.92. The van der Waals surface area contributed by atoms with Crippen LogP contribution in [0.1, 0.15) is 34.2 Å². The first-order valence-corrected chi connectivity index (χ1v) is 9.03. The Morgan fingerprint density at radius 3 is 2.61 bits per heavy atom. The molecule has 0 unspecified atom stereocenters. The molecule has 0 spiro atoms. The van der Waals surface area contributed by atoms with Crippen molar-refractivity contribution in [3.8, 4) is 0 Å². The first-order chi connectivity index (χ1) is 13.5. The number of piperazine rings is 1. The van der Waals surface area contributed by atoms with Gasteiger partial charge in [-0.15, -0.1) is 0 Å². The SMILES string of the molecule is COC(=O)[C@H]1C[C@H]2CN(C(=O)c3nonc3C)CC(=O)N2[C@H]1c1ccccc1. The Labute approximate surface area is 161 Å². The van der Waals surface area contributed by atoms with Gasteiger partial charge >= 0.3 is 5.97 Å². The molecule has 2 saturated heterocycles. The third-order valence-electron chi connectivity index (χ3n) is 5.43.